The van der Waals surface area contributed by atoms with Crippen molar-refractivity contribution in [1.29, 1.82) is 0 Å². The van der Waals surface area contributed by atoms with Gasteiger partial charge in [-0.1, -0.05) is 18.2 Å². The van der Waals surface area contributed by atoms with Crippen LogP contribution in [0, 0.1) is 5.92 Å². The van der Waals surface area contributed by atoms with E-state index in [0.29, 0.717) is 6.54 Å². The summed E-state index contributed by atoms with van der Waals surface area (Å²) < 4.78 is 5.76. The Morgan fingerprint density at radius 2 is 2.16 bits per heavy atom. The maximum Gasteiger partial charge on any atom is 0.191 e. The fraction of sp³-hybridized carbons (Fsp3) is 0.400. The number of rotatable bonds is 4. The van der Waals surface area contributed by atoms with E-state index in [9.17, 15) is 0 Å². The van der Waals surface area contributed by atoms with Crippen molar-refractivity contribution in [2.75, 3.05) is 13.6 Å². The number of hydrogen-bond acceptors (Lipinski definition) is 2. The van der Waals surface area contributed by atoms with Crippen LogP contribution in [0.1, 0.15) is 18.6 Å². The second-order valence-electron chi connectivity index (χ2n) is 5.00. The molecule has 1 aromatic carbocycles. The SMILES string of the molecule is CN=C(NCc1cc2ccccc2o1)NCC1CC1. The fourth-order valence-corrected chi connectivity index (χ4v) is 2.08. The number of guanidine groups is 1. The minimum absolute atomic E-state index is 0.652. The molecule has 0 bridgehead atoms. The van der Waals surface area contributed by atoms with Crippen molar-refractivity contribution in [3.05, 3.63) is 36.1 Å². The molecule has 0 aliphatic heterocycles. The Labute approximate surface area is 112 Å². The number of hydrogen-bond donors (Lipinski definition) is 2. The lowest BCUT2D eigenvalue weighted by atomic mass is 10.2. The third kappa shape index (κ3) is 3.08. The predicted octanol–water partition coefficient (Wildman–Crippen LogP) is 2.51. The average molecular weight is 257 g/mol. The summed E-state index contributed by atoms with van der Waals surface area (Å²) in [6, 6.07) is 10.1. The Bertz CT molecular complexity index is 551. The molecule has 0 amide bonds. The molecule has 4 nitrogen and oxygen atoms in total. The van der Waals surface area contributed by atoms with Crippen molar-refractivity contribution in [2.24, 2.45) is 10.9 Å². The number of nitrogens with one attached hydrogen (secondary N) is 2. The zero-order valence-electron chi connectivity index (χ0n) is 11.1. The van der Waals surface area contributed by atoms with Crippen LogP contribution in [0.2, 0.25) is 0 Å². The fourth-order valence-electron chi connectivity index (χ4n) is 2.08. The number of furan rings is 1. The molecule has 0 spiro atoms. The molecule has 0 unspecified atom stereocenters. The van der Waals surface area contributed by atoms with E-state index in [2.05, 4.69) is 27.8 Å². The van der Waals surface area contributed by atoms with Gasteiger partial charge in [0.2, 0.25) is 0 Å². The van der Waals surface area contributed by atoms with Gasteiger partial charge in [-0.05, 0) is 30.9 Å². The average Bonchev–Trinajstić information content (AvgIpc) is 3.17. The highest BCUT2D eigenvalue weighted by atomic mass is 16.3. The Morgan fingerprint density at radius 1 is 1.32 bits per heavy atom. The third-order valence-corrected chi connectivity index (χ3v) is 3.39. The molecule has 0 saturated heterocycles. The maximum absolute atomic E-state index is 5.76. The molecular formula is C15H19N3O. The van der Waals surface area contributed by atoms with Crippen molar-refractivity contribution in [2.45, 2.75) is 19.4 Å². The summed E-state index contributed by atoms with van der Waals surface area (Å²) in [6.07, 6.45) is 2.68. The van der Waals surface area contributed by atoms with Crippen LogP contribution in [0.3, 0.4) is 0 Å². The van der Waals surface area contributed by atoms with Gasteiger partial charge in [0.25, 0.3) is 0 Å². The van der Waals surface area contributed by atoms with Crippen molar-refractivity contribution in [1.82, 2.24) is 10.6 Å². The van der Waals surface area contributed by atoms with Gasteiger partial charge in [0.1, 0.15) is 11.3 Å². The van der Waals surface area contributed by atoms with Crippen LogP contribution in [0.5, 0.6) is 0 Å². The minimum atomic E-state index is 0.652. The normalized spacial score (nSPS) is 15.7. The highest BCUT2D eigenvalue weighted by Crippen LogP contribution is 2.27. The van der Waals surface area contributed by atoms with Gasteiger partial charge in [0, 0.05) is 19.0 Å². The number of nitrogens with zero attached hydrogens (tertiary/aromatic N) is 1. The van der Waals surface area contributed by atoms with Gasteiger partial charge in [0.15, 0.2) is 5.96 Å². The topological polar surface area (TPSA) is 49.6 Å². The van der Waals surface area contributed by atoms with Crippen LogP contribution in [0.4, 0.5) is 0 Å². The van der Waals surface area contributed by atoms with Gasteiger partial charge >= 0.3 is 0 Å². The maximum atomic E-state index is 5.76. The van der Waals surface area contributed by atoms with Crippen LogP contribution >= 0.6 is 0 Å². The quantitative estimate of drug-likeness (QED) is 0.653. The van der Waals surface area contributed by atoms with E-state index in [0.717, 1.165) is 35.2 Å². The Hall–Kier alpha value is -1.97. The van der Waals surface area contributed by atoms with Crippen molar-refractivity contribution >= 4 is 16.9 Å². The van der Waals surface area contributed by atoms with E-state index in [1.165, 1.54) is 12.8 Å². The molecule has 1 aliphatic carbocycles. The first-order valence-electron chi connectivity index (χ1n) is 6.77. The van der Waals surface area contributed by atoms with Crippen molar-refractivity contribution < 1.29 is 4.42 Å². The first-order valence-corrected chi connectivity index (χ1v) is 6.77. The van der Waals surface area contributed by atoms with Gasteiger partial charge in [-0.3, -0.25) is 4.99 Å². The van der Waals surface area contributed by atoms with E-state index >= 15 is 0 Å². The second kappa shape index (κ2) is 5.34. The van der Waals surface area contributed by atoms with Gasteiger partial charge < -0.3 is 15.1 Å². The third-order valence-electron chi connectivity index (χ3n) is 3.39. The molecule has 19 heavy (non-hydrogen) atoms. The summed E-state index contributed by atoms with van der Waals surface area (Å²) in [5, 5.41) is 7.75. The van der Waals surface area contributed by atoms with E-state index in [1.54, 1.807) is 7.05 Å². The molecule has 1 heterocycles. The van der Waals surface area contributed by atoms with Crippen molar-refractivity contribution in [3.63, 3.8) is 0 Å². The Morgan fingerprint density at radius 3 is 2.89 bits per heavy atom. The summed E-state index contributed by atoms with van der Waals surface area (Å²) >= 11 is 0. The number of aliphatic imine (C=N–C) groups is 1. The molecule has 1 aliphatic rings. The number of para-hydroxylation sites is 1. The highest BCUT2D eigenvalue weighted by Gasteiger charge is 2.21. The molecule has 100 valence electrons. The molecule has 1 saturated carbocycles. The van der Waals surface area contributed by atoms with Crippen LogP contribution < -0.4 is 10.6 Å². The lowest BCUT2D eigenvalue weighted by Crippen LogP contribution is -2.37. The predicted molar refractivity (Wildman–Crippen MR) is 77.1 cm³/mol. The molecule has 4 heteroatoms. The molecule has 3 rings (SSSR count). The lowest BCUT2D eigenvalue weighted by molar-refractivity contribution is 0.538. The summed E-state index contributed by atoms with van der Waals surface area (Å²) in [5.74, 6) is 2.60. The molecule has 1 fully saturated rings. The Kier molecular flexibility index (Phi) is 3.40. The molecule has 2 aromatic rings. The smallest absolute Gasteiger partial charge is 0.191 e. The monoisotopic (exact) mass is 257 g/mol. The lowest BCUT2D eigenvalue weighted by Gasteiger charge is -2.09. The number of benzene rings is 1. The minimum Gasteiger partial charge on any atom is -0.459 e. The molecule has 1 aromatic heterocycles. The highest BCUT2D eigenvalue weighted by molar-refractivity contribution is 5.80. The molecule has 0 radical (unpaired) electrons. The van der Waals surface area contributed by atoms with Crippen LogP contribution in [0.25, 0.3) is 11.0 Å². The summed E-state index contributed by atoms with van der Waals surface area (Å²) in [7, 11) is 1.79. The molecular weight excluding hydrogens is 238 g/mol. The second-order valence-corrected chi connectivity index (χ2v) is 5.00. The van der Waals surface area contributed by atoms with Gasteiger partial charge in [-0.25, -0.2) is 0 Å². The van der Waals surface area contributed by atoms with E-state index in [-0.39, 0.29) is 0 Å². The molecule has 0 atom stereocenters. The summed E-state index contributed by atoms with van der Waals surface area (Å²) in [4.78, 5) is 4.21. The van der Waals surface area contributed by atoms with Crippen LogP contribution in [-0.4, -0.2) is 19.6 Å². The van der Waals surface area contributed by atoms with Crippen LogP contribution in [0.15, 0.2) is 39.7 Å². The van der Waals surface area contributed by atoms with E-state index < -0.39 is 0 Å². The van der Waals surface area contributed by atoms with Crippen molar-refractivity contribution in [3.8, 4) is 0 Å². The number of fused-ring (bicyclic) bond motifs is 1. The Balaban J connectivity index is 1.57. The summed E-state index contributed by atoms with van der Waals surface area (Å²) in [6.45, 7) is 1.67. The van der Waals surface area contributed by atoms with E-state index in [1.807, 2.05) is 18.2 Å². The largest absolute Gasteiger partial charge is 0.459 e. The van der Waals surface area contributed by atoms with Gasteiger partial charge in [0.05, 0.1) is 6.54 Å². The first-order chi connectivity index (χ1) is 9.35. The molecule has 2 N–H and O–H groups in total. The van der Waals surface area contributed by atoms with E-state index in [4.69, 9.17) is 4.42 Å². The van der Waals surface area contributed by atoms with Gasteiger partial charge in [-0.2, -0.15) is 0 Å². The van der Waals surface area contributed by atoms with Gasteiger partial charge in [-0.15, -0.1) is 0 Å². The standard InChI is InChI=1S/C15H19N3O/c1-16-15(17-9-11-6-7-11)18-10-13-8-12-4-2-3-5-14(12)19-13/h2-5,8,11H,6-7,9-10H2,1H3,(H2,16,17,18). The first kappa shape index (κ1) is 12.1. The zero-order valence-corrected chi connectivity index (χ0v) is 11.1. The van der Waals surface area contributed by atoms with Crippen LogP contribution in [-0.2, 0) is 6.54 Å². The zero-order chi connectivity index (χ0) is 13.1. The summed E-state index contributed by atoms with van der Waals surface area (Å²) in [5.41, 5.74) is 0.931.